The van der Waals surface area contributed by atoms with Crippen LogP contribution in [0.25, 0.3) is 0 Å². The maximum Gasteiger partial charge on any atom is 0.0591 e. The summed E-state index contributed by atoms with van der Waals surface area (Å²) in [5.74, 6) is 1.10. The molecule has 20 heavy (non-hydrogen) atoms. The van der Waals surface area contributed by atoms with Crippen molar-refractivity contribution in [1.29, 1.82) is 0 Å². The van der Waals surface area contributed by atoms with E-state index in [0.717, 1.165) is 22.9 Å². The standard InChI is InChI=1S/C17H20ClNS/c1-3-19-17(15-7-5-6-8-16(15)18)13-9-11-14(12-10-13)20-4-2/h5-12,17,19H,3-4H2,1-2H3. The van der Waals surface area contributed by atoms with E-state index in [4.69, 9.17) is 11.6 Å². The van der Waals surface area contributed by atoms with Crippen LogP contribution in [0.5, 0.6) is 0 Å². The zero-order valence-electron chi connectivity index (χ0n) is 11.9. The molecular weight excluding hydrogens is 286 g/mol. The highest BCUT2D eigenvalue weighted by Gasteiger charge is 2.15. The third kappa shape index (κ3) is 3.78. The second-order valence-electron chi connectivity index (χ2n) is 4.51. The molecule has 2 aromatic rings. The fraction of sp³-hybridized carbons (Fsp3) is 0.294. The summed E-state index contributed by atoms with van der Waals surface area (Å²) in [4.78, 5) is 1.31. The molecule has 2 aromatic carbocycles. The number of benzene rings is 2. The molecule has 0 heterocycles. The van der Waals surface area contributed by atoms with Crippen molar-refractivity contribution in [3.05, 3.63) is 64.7 Å². The zero-order valence-corrected chi connectivity index (χ0v) is 13.5. The molecule has 1 atom stereocenters. The monoisotopic (exact) mass is 305 g/mol. The quantitative estimate of drug-likeness (QED) is 0.741. The normalized spacial score (nSPS) is 12.3. The van der Waals surface area contributed by atoms with Crippen molar-refractivity contribution in [3.8, 4) is 0 Å². The minimum absolute atomic E-state index is 0.148. The largest absolute Gasteiger partial charge is 0.306 e. The maximum atomic E-state index is 6.34. The van der Waals surface area contributed by atoms with Crippen molar-refractivity contribution in [3.63, 3.8) is 0 Å². The van der Waals surface area contributed by atoms with E-state index in [2.05, 4.69) is 49.5 Å². The molecule has 0 aromatic heterocycles. The number of hydrogen-bond donors (Lipinski definition) is 1. The Morgan fingerprint density at radius 2 is 1.75 bits per heavy atom. The maximum absolute atomic E-state index is 6.34. The number of halogens is 1. The molecule has 0 spiro atoms. The summed E-state index contributed by atoms with van der Waals surface area (Å²) in [6.45, 7) is 5.19. The highest BCUT2D eigenvalue weighted by molar-refractivity contribution is 7.99. The van der Waals surface area contributed by atoms with Gasteiger partial charge in [-0.2, -0.15) is 0 Å². The van der Waals surface area contributed by atoms with Crippen LogP contribution in [0.4, 0.5) is 0 Å². The molecular formula is C17H20ClNS. The first-order valence-corrected chi connectivity index (χ1v) is 8.33. The summed E-state index contributed by atoms with van der Waals surface area (Å²) >= 11 is 8.20. The zero-order chi connectivity index (χ0) is 14.4. The second kappa shape index (κ2) is 7.72. The van der Waals surface area contributed by atoms with Crippen molar-refractivity contribution in [2.75, 3.05) is 12.3 Å². The van der Waals surface area contributed by atoms with Gasteiger partial charge in [0.15, 0.2) is 0 Å². The summed E-state index contributed by atoms with van der Waals surface area (Å²) in [6.07, 6.45) is 0. The van der Waals surface area contributed by atoms with Crippen LogP contribution in [0, 0.1) is 0 Å². The number of hydrogen-bond acceptors (Lipinski definition) is 2. The number of thioether (sulfide) groups is 1. The molecule has 1 N–H and O–H groups in total. The van der Waals surface area contributed by atoms with Crippen LogP contribution in [-0.4, -0.2) is 12.3 Å². The van der Waals surface area contributed by atoms with Crippen molar-refractivity contribution in [1.82, 2.24) is 5.32 Å². The van der Waals surface area contributed by atoms with E-state index in [0.29, 0.717) is 0 Å². The van der Waals surface area contributed by atoms with Crippen LogP contribution in [0.1, 0.15) is 31.0 Å². The molecule has 0 bridgehead atoms. The van der Waals surface area contributed by atoms with Gasteiger partial charge in [0.05, 0.1) is 6.04 Å². The topological polar surface area (TPSA) is 12.0 Å². The van der Waals surface area contributed by atoms with E-state index < -0.39 is 0 Å². The lowest BCUT2D eigenvalue weighted by molar-refractivity contribution is 0.630. The third-order valence-corrected chi connectivity index (χ3v) is 4.39. The molecule has 1 nitrogen and oxygen atoms in total. The van der Waals surface area contributed by atoms with Gasteiger partial charge in [-0.15, -0.1) is 11.8 Å². The Labute approximate surface area is 130 Å². The lowest BCUT2D eigenvalue weighted by atomic mass is 9.98. The molecule has 3 heteroatoms. The molecule has 0 aliphatic heterocycles. The van der Waals surface area contributed by atoms with Gasteiger partial charge in [0.1, 0.15) is 0 Å². The van der Waals surface area contributed by atoms with Gasteiger partial charge < -0.3 is 5.32 Å². The van der Waals surface area contributed by atoms with Crippen molar-refractivity contribution >= 4 is 23.4 Å². The van der Waals surface area contributed by atoms with Gasteiger partial charge in [-0.05, 0) is 41.6 Å². The molecule has 0 aliphatic rings. The predicted octanol–water partition coefficient (Wildman–Crippen LogP) is 5.15. The number of rotatable bonds is 6. The Hall–Kier alpha value is -0.960. The summed E-state index contributed by atoms with van der Waals surface area (Å²) in [5, 5.41) is 4.33. The number of nitrogens with one attached hydrogen (secondary N) is 1. The van der Waals surface area contributed by atoms with Crippen molar-refractivity contribution < 1.29 is 0 Å². The lowest BCUT2D eigenvalue weighted by Crippen LogP contribution is -2.22. The van der Waals surface area contributed by atoms with Crippen LogP contribution in [0.3, 0.4) is 0 Å². The predicted molar refractivity (Wildman–Crippen MR) is 89.8 cm³/mol. The fourth-order valence-corrected chi connectivity index (χ4v) is 3.15. The summed E-state index contributed by atoms with van der Waals surface area (Å²) in [6, 6.07) is 16.9. The Bertz CT molecular complexity index is 539. The van der Waals surface area contributed by atoms with Crippen LogP contribution < -0.4 is 5.32 Å². The first kappa shape index (κ1) is 15.4. The average molecular weight is 306 g/mol. The Kier molecular flexibility index (Phi) is 5.96. The lowest BCUT2D eigenvalue weighted by Gasteiger charge is -2.20. The van der Waals surface area contributed by atoms with Gasteiger partial charge in [-0.3, -0.25) is 0 Å². The average Bonchev–Trinajstić information content (AvgIpc) is 2.47. The highest BCUT2D eigenvalue weighted by Crippen LogP contribution is 2.29. The Morgan fingerprint density at radius 1 is 1.05 bits per heavy atom. The third-order valence-electron chi connectivity index (χ3n) is 3.15. The van der Waals surface area contributed by atoms with Gasteiger partial charge in [-0.25, -0.2) is 0 Å². The second-order valence-corrected chi connectivity index (χ2v) is 6.26. The molecule has 106 valence electrons. The van der Waals surface area contributed by atoms with Crippen molar-refractivity contribution in [2.24, 2.45) is 0 Å². The SMILES string of the molecule is CCNC(c1ccc(SCC)cc1)c1ccccc1Cl. The minimum atomic E-state index is 0.148. The summed E-state index contributed by atoms with van der Waals surface area (Å²) < 4.78 is 0. The summed E-state index contributed by atoms with van der Waals surface area (Å²) in [7, 11) is 0. The van der Waals surface area contributed by atoms with Crippen LogP contribution >= 0.6 is 23.4 Å². The van der Waals surface area contributed by atoms with Gasteiger partial charge >= 0.3 is 0 Å². The fourth-order valence-electron chi connectivity index (χ4n) is 2.24. The van der Waals surface area contributed by atoms with Gasteiger partial charge in [0.25, 0.3) is 0 Å². The van der Waals surface area contributed by atoms with Gasteiger partial charge in [-0.1, -0.05) is 55.8 Å². The molecule has 0 saturated heterocycles. The molecule has 0 aliphatic carbocycles. The molecule has 2 rings (SSSR count). The molecule has 0 saturated carbocycles. The molecule has 0 amide bonds. The first-order valence-electron chi connectivity index (χ1n) is 6.96. The van der Waals surface area contributed by atoms with Crippen LogP contribution in [0.15, 0.2) is 53.4 Å². The van der Waals surface area contributed by atoms with E-state index in [1.165, 1.54) is 10.5 Å². The minimum Gasteiger partial charge on any atom is -0.306 e. The van der Waals surface area contributed by atoms with E-state index in [-0.39, 0.29) is 6.04 Å². The molecule has 0 radical (unpaired) electrons. The van der Waals surface area contributed by atoms with Crippen LogP contribution in [0.2, 0.25) is 5.02 Å². The summed E-state index contributed by atoms with van der Waals surface area (Å²) in [5.41, 5.74) is 2.38. The van der Waals surface area contributed by atoms with Gasteiger partial charge in [0.2, 0.25) is 0 Å². The first-order chi connectivity index (χ1) is 9.76. The molecule has 1 unspecified atom stereocenters. The van der Waals surface area contributed by atoms with Gasteiger partial charge in [0, 0.05) is 9.92 Å². The highest BCUT2D eigenvalue weighted by atomic mass is 35.5. The van der Waals surface area contributed by atoms with E-state index in [1.54, 1.807) is 0 Å². The van der Waals surface area contributed by atoms with E-state index in [9.17, 15) is 0 Å². The van der Waals surface area contributed by atoms with E-state index in [1.807, 2.05) is 30.0 Å². The Morgan fingerprint density at radius 3 is 2.35 bits per heavy atom. The Balaban J connectivity index is 2.31. The van der Waals surface area contributed by atoms with Crippen molar-refractivity contribution in [2.45, 2.75) is 24.8 Å². The molecule has 0 fully saturated rings. The van der Waals surface area contributed by atoms with E-state index >= 15 is 0 Å². The van der Waals surface area contributed by atoms with Crippen LogP contribution in [-0.2, 0) is 0 Å². The smallest absolute Gasteiger partial charge is 0.0591 e.